The number of aliphatic imine (C=N–C) groups is 1. The first-order valence-corrected chi connectivity index (χ1v) is 8.26. The largest absolute Gasteiger partial charge is 0.387 e. The van der Waals surface area contributed by atoms with Crippen LogP contribution in [0.5, 0.6) is 0 Å². The van der Waals surface area contributed by atoms with Gasteiger partial charge in [-0.15, -0.1) is 0 Å². The Bertz CT molecular complexity index is 532. The van der Waals surface area contributed by atoms with Crippen molar-refractivity contribution in [1.82, 2.24) is 9.80 Å². The second kappa shape index (κ2) is 5.58. The third kappa shape index (κ3) is 3.13. The lowest BCUT2D eigenvalue weighted by Crippen LogP contribution is -2.56. The SMILES string of the molecule is CC(C)(C)C1=NC2(CCN(C(=O)CO)CC2)C(=O)N1C(C)(C)C. The third-order valence-electron chi connectivity index (χ3n) is 4.55. The zero-order valence-corrected chi connectivity index (χ0v) is 15.1. The number of likely N-dealkylation sites (tertiary alicyclic amines) is 1. The van der Waals surface area contributed by atoms with Gasteiger partial charge in [0.15, 0.2) is 0 Å². The molecule has 1 saturated heterocycles. The van der Waals surface area contributed by atoms with Crippen molar-refractivity contribution >= 4 is 17.6 Å². The molecule has 0 aliphatic carbocycles. The summed E-state index contributed by atoms with van der Waals surface area (Å²) in [6.45, 7) is 12.7. The van der Waals surface area contributed by atoms with E-state index >= 15 is 0 Å². The van der Waals surface area contributed by atoms with Gasteiger partial charge in [0, 0.05) is 24.0 Å². The van der Waals surface area contributed by atoms with Gasteiger partial charge in [-0.2, -0.15) is 0 Å². The summed E-state index contributed by atoms with van der Waals surface area (Å²) in [5, 5.41) is 9.00. The number of aliphatic hydroxyl groups is 1. The zero-order chi connectivity index (χ0) is 17.6. The molecule has 1 N–H and O–H groups in total. The number of amidine groups is 1. The smallest absolute Gasteiger partial charge is 0.256 e. The van der Waals surface area contributed by atoms with Crippen LogP contribution in [-0.2, 0) is 9.59 Å². The van der Waals surface area contributed by atoms with Gasteiger partial charge in [-0.05, 0) is 33.6 Å². The van der Waals surface area contributed by atoms with Crippen LogP contribution in [0.4, 0.5) is 0 Å². The van der Waals surface area contributed by atoms with Crippen molar-refractivity contribution in [3.63, 3.8) is 0 Å². The zero-order valence-electron chi connectivity index (χ0n) is 15.1. The number of piperidine rings is 1. The molecule has 0 atom stereocenters. The number of hydrogen-bond donors (Lipinski definition) is 1. The Kier molecular flexibility index (Phi) is 4.35. The second-order valence-corrected chi connectivity index (χ2v) is 8.57. The molecule has 0 aromatic rings. The molecular weight excluding hydrogens is 294 g/mol. The molecule has 6 nitrogen and oxygen atoms in total. The fourth-order valence-corrected chi connectivity index (χ4v) is 3.28. The molecule has 2 aliphatic rings. The number of nitrogens with zero attached hydrogens (tertiary/aromatic N) is 3. The number of carbonyl (C=O) groups excluding carboxylic acids is 2. The van der Waals surface area contributed by atoms with Crippen LogP contribution in [0.2, 0.25) is 0 Å². The maximum atomic E-state index is 13.2. The summed E-state index contributed by atoms with van der Waals surface area (Å²) in [5.41, 5.74) is -1.29. The summed E-state index contributed by atoms with van der Waals surface area (Å²) in [4.78, 5) is 33.2. The van der Waals surface area contributed by atoms with E-state index in [4.69, 9.17) is 10.1 Å². The molecule has 1 fully saturated rings. The molecule has 6 heteroatoms. The summed E-state index contributed by atoms with van der Waals surface area (Å²) < 4.78 is 0. The number of amides is 2. The second-order valence-electron chi connectivity index (χ2n) is 8.57. The average molecular weight is 323 g/mol. The van der Waals surface area contributed by atoms with Crippen molar-refractivity contribution in [2.24, 2.45) is 10.4 Å². The highest BCUT2D eigenvalue weighted by molar-refractivity contribution is 6.10. The maximum Gasteiger partial charge on any atom is 0.256 e. The minimum absolute atomic E-state index is 0.0472. The predicted molar refractivity (Wildman–Crippen MR) is 89.1 cm³/mol. The summed E-state index contributed by atoms with van der Waals surface area (Å²) in [5.74, 6) is 0.598. The lowest BCUT2D eigenvalue weighted by molar-refractivity contribution is -0.141. The van der Waals surface area contributed by atoms with Crippen molar-refractivity contribution in [3.8, 4) is 0 Å². The monoisotopic (exact) mass is 323 g/mol. The molecule has 0 unspecified atom stereocenters. The van der Waals surface area contributed by atoms with Crippen LogP contribution < -0.4 is 0 Å². The summed E-state index contributed by atoms with van der Waals surface area (Å²) in [7, 11) is 0. The summed E-state index contributed by atoms with van der Waals surface area (Å²) >= 11 is 0. The predicted octanol–water partition coefficient (Wildman–Crippen LogP) is 1.43. The summed E-state index contributed by atoms with van der Waals surface area (Å²) in [6, 6.07) is 0. The van der Waals surface area contributed by atoms with E-state index in [-0.39, 0.29) is 22.8 Å². The molecule has 2 rings (SSSR count). The van der Waals surface area contributed by atoms with Crippen LogP contribution in [0, 0.1) is 5.41 Å². The van der Waals surface area contributed by atoms with Crippen molar-refractivity contribution in [3.05, 3.63) is 0 Å². The first-order valence-electron chi connectivity index (χ1n) is 8.26. The van der Waals surface area contributed by atoms with Gasteiger partial charge in [0.2, 0.25) is 5.91 Å². The van der Waals surface area contributed by atoms with Crippen molar-refractivity contribution in [2.45, 2.75) is 65.5 Å². The van der Waals surface area contributed by atoms with Crippen LogP contribution in [0.25, 0.3) is 0 Å². The first kappa shape index (κ1) is 17.9. The molecule has 130 valence electrons. The van der Waals surface area contributed by atoms with Gasteiger partial charge in [-0.3, -0.25) is 19.5 Å². The van der Waals surface area contributed by atoms with E-state index in [2.05, 4.69) is 20.8 Å². The van der Waals surface area contributed by atoms with E-state index in [1.54, 1.807) is 4.90 Å². The highest BCUT2D eigenvalue weighted by Gasteiger charge is 2.54. The van der Waals surface area contributed by atoms with Crippen LogP contribution >= 0.6 is 0 Å². The Morgan fingerprint density at radius 3 is 2.04 bits per heavy atom. The molecule has 0 aromatic carbocycles. The van der Waals surface area contributed by atoms with Crippen LogP contribution in [-0.4, -0.2) is 63.3 Å². The maximum absolute atomic E-state index is 13.2. The molecule has 0 aromatic heterocycles. The Morgan fingerprint density at radius 2 is 1.70 bits per heavy atom. The normalized spacial score (nSPS) is 21.9. The van der Waals surface area contributed by atoms with Gasteiger partial charge in [0.25, 0.3) is 5.91 Å². The average Bonchev–Trinajstić information content (AvgIpc) is 2.72. The lowest BCUT2D eigenvalue weighted by Gasteiger charge is -2.40. The Hall–Kier alpha value is -1.43. The fourth-order valence-electron chi connectivity index (χ4n) is 3.28. The van der Waals surface area contributed by atoms with Gasteiger partial charge in [0.1, 0.15) is 18.0 Å². The third-order valence-corrected chi connectivity index (χ3v) is 4.55. The lowest BCUT2D eigenvalue weighted by atomic mass is 9.86. The Labute approximate surface area is 138 Å². The number of rotatable bonds is 1. The first-order chi connectivity index (χ1) is 10.4. The minimum Gasteiger partial charge on any atom is -0.387 e. The summed E-state index contributed by atoms with van der Waals surface area (Å²) in [6.07, 6.45) is 1.04. The van der Waals surface area contributed by atoms with E-state index in [9.17, 15) is 9.59 Å². The van der Waals surface area contributed by atoms with Gasteiger partial charge >= 0.3 is 0 Å². The topological polar surface area (TPSA) is 73.2 Å². The highest BCUT2D eigenvalue weighted by atomic mass is 16.3. The minimum atomic E-state index is -0.748. The molecule has 2 heterocycles. The van der Waals surface area contributed by atoms with E-state index in [1.807, 2.05) is 25.7 Å². The Balaban J connectivity index is 2.33. The van der Waals surface area contributed by atoms with E-state index < -0.39 is 12.1 Å². The molecule has 23 heavy (non-hydrogen) atoms. The van der Waals surface area contributed by atoms with Crippen molar-refractivity contribution < 1.29 is 14.7 Å². The number of aliphatic hydroxyl groups excluding tert-OH is 1. The molecule has 0 radical (unpaired) electrons. The van der Waals surface area contributed by atoms with Crippen LogP contribution in [0.1, 0.15) is 54.4 Å². The molecule has 2 amide bonds. The van der Waals surface area contributed by atoms with Crippen molar-refractivity contribution in [2.75, 3.05) is 19.7 Å². The van der Waals surface area contributed by atoms with E-state index in [0.717, 1.165) is 5.84 Å². The molecule has 1 spiro atoms. The fraction of sp³-hybridized carbons (Fsp3) is 0.824. The van der Waals surface area contributed by atoms with Gasteiger partial charge in [0.05, 0.1) is 0 Å². The van der Waals surface area contributed by atoms with Crippen molar-refractivity contribution in [1.29, 1.82) is 0 Å². The van der Waals surface area contributed by atoms with Gasteiger partial charge < -0.3 is 10.0 Å². The molecular formula is C17H29N3O3. The highest BCUT2D eigenvalue weighted by Crippen LogP contribution is 2.40. The van der Waals surface area contributed by atoms with E-state index in [1.165, 1.54) is 0 Å². The molecule has 0 bridgehead atoms. The van der Waals surface area contributed by atoms with Crippen LogP contribution in [0.15, 0.2) is 4.99 Å². The number of hydrogen-bond acceptors (Lipinski definition) is 4. The Morgan fingerprint density at radius 1 is 1.17 bits per heavy atom. The van der Waals surface area contributed by atoms with Gasteiger partial charge in [-0.1, -0.05) is 20.8 Å². The van der Waals surface area contributed by atoms with Crippen LogP contribution in [0.3, 0.4) is 0 Å². The van der Waals surface area contributed by atoms with Gasteiger partial charge in [-0.25, -0.2) is 0 Å². The quantitative estimate of drug-likeness (QED) is 0.793. The standard InChI is InChI=1S/C17H29N3O3/c1-15(2,3)13-18-17(14(23)20(13)16(4,5)6)7-9-19(10-8-17)12(22)11-21/h21H,7-11H2,1-6H3. The molecule has 2 aliphatic heterocycles. The molecule has 0 saturated carbocycles. The number of carbonyl (C=O) groups is 2. The van der Waals surface area contributed by atoms with E-state index in [0.29, 0.717) is 25.9 Å².